The number of esters is 1. The van der Waals surface area contributed by atoms with Crippen molar-refractivity contribution in [3.8, 4) is 0 Å². The van der Waals surface area contributed by atoms with Crippen LogP contribution in [0.4, 0.5) is 0 Å². The maximum atomic E-state index is 13.3. The summed E-state index contributed by atoms with van der Waals surface area (Å²) in [6.45, 7) is 4.10. The van der Waals surface area contributed by atoms with E-state index in [-0.39, 0.29) is 35.5 Å². The lowest BCUT2D eigenvalue weighted by molar-refractivity contribution is -0.142. The molecule has 2 aromatic carbocycles. The van der Waals surface area contributed by atoms with E-state index in [9.17, 15) is 19.2 Å². The monoisotopic (exact) mass is 481 g/mol. The SMILES string of the molecule is COC(=O)CC(=O)CSc1nc2cc(C(=O)NC(C)C)ccc2c(=O)n1CCc1ccccc1. The van der Waals surface area contributed by atoms with Crippen LogP contribution in [0.3, 0.4) is 0 Å². The van der Waals surface area contributed by atoms with E-state index in [1.807, 2.05) is 44.2 Å². The number of nitrogens with one attached hydrogen (secondary N) is 1. The van der Waals surface area contributed by atoms with Crippen LogP contribution in [0, 0.1) is 0 Å². The van der Waals surface area contributed by atoms with Crippen molar-refractivity contribution in [3.63, 3.8) is 0 Å². The smallest absolute Gasteiger partial charge is 0.313 e. The number of hydrogen-bond acceptors (Lipinski definition) is 7. The minimum absolute atomic E-state index is 0.0333. The first-order valence-corrected chi connectivity index (χ1v) is 11.9. The van der Waals surface area contributed by atoms with Gasteiger partial charge in [0.15, 0.2) is 10.9 Å². The minimum Gasteiger partial charge on any atom is -0.469 e. The Labute approximate surface area is 201 Å². The third kappa shape index (κ3) is 6.54. The predicted octanol–water partition coefficient (Wildman–Crippen LogP) is 3.00. The molecular weight excluding hydrogens is 454 g/mol. The van der Waals surface area contributed by atoms with Gasteiger partial charge in [0, 0.05) is 18.2 Å². The van der Waals surface area contributed by atoms with Crippen molar-refractivity contribution in [2.75, 3.05) is 12.9 Å². The third-order valence-corrected chi connectivity index (χ3v) is 6.04. The fourth-order valence-electron chi connectivity index (χ4n) is 3.31. The predicted molar refractivity (Wildman–Crippen MR) is 131 cm³/mol. The van der Waals surface area contributed by atoms with Gasteiger partial charge in [0.1, 0.15) is 6.42 Å². The molecule has 0 spiro atoms. The Morgan fingerprint density at radius 2 is 1.85 bits per heavy atom. The van der Waals surface area contributed by atoms with Crippen LogP contribution in [-0.2, 0) is 27.3 Å². The van der Waals surface area contributed by atoms with Crippen LogP contribution in [-0.4, -0.2) is 46.1 Å². The second-order valence-electron chi connectivity index (χ2n) is 8.03. The van der Waals surface area contributed by atoms with Crippen molar-refractivity contribution >= 4 is 40.3 Å². The Kier molecular flexibility index (Phi) is 8.59. The number of aromatic nitrogens is 2. The van der Waals surface area contributed by atoms with Gasteiger partial charge in [-0.05, 0) is 44.0 Å². The lowest BCUT2D eigenvalue weighted by atomic mass is 10.1. The Bertz CT molecular complexity index is 1250. The van der Waals surface area contributed by atoms with E-state index < -0.39 is 5.97 Å². The molecule has 0 saturated heterocycles. The molecule has 0 atom stereocenters. The first-order chi connectivity index (χ1) is 16.3. The Morgan fingerprint density at radius 1 is 1.12 bits per heavy atom. The highest BCUT2D eigenvalue weighted by atomic mass is 32.2. The molecule has 178 valence electrons. The fourth-order valence-corrected chi connectivity index (χ4v) is 4.19. The van der Waals surface area contributed by atoms with Crippen LogP contribution in [0.1, 0.15) is 36.2 Å². The van der Waals surface area contributed by atoms with Gasteiger partial charge in [-0.1, -0.05) is 42.1 Å². The number of aryl methyl sites for hydroxylation is 1. The number of carbonyl (C=O) groups is 3. The third-order valence-electron chi connectivity index (χ3n) is 5.00. The van der Waals surface area contributed by atoms with Gasteiger partial charge in [-0.2, -0.15) is 0 Å². The normalized spacial score (nSPS) is 10.9. The molecule has 1 N–H and O–H groups in total. The zero-order chi connectivity index (χ0) is 24.7. The molecule has 3 rings (SSSR count). The molecule has 0 aliphatic rings. The molecule has 0 bridgehead atoms. The summed E-state index contributed by atoms with van der Waals surface area (Å²) < 4.78 is 6.09. The number of fused-ring (bicyclic) bond motifs is 1. The number of benzene rings is 2. The van der Waals surface area contributed by atoms with Crippen LogP contribution in [0.15, 0.2) is 58.5 Å². The second kappa shape index (κ2) is 11.6. The maximum absolute atomic E-state index is 13.3. The van der Waals surface area contributed by atoms with E-state index in [0.717, 1.165) is 17.3 Å². The van der Waals surface area contributed by atoms with Gasteiger partial charge in [0.05, 0.1) is 23.8 Å². The molecule has 0 saturated carbocycles. The molecule has 8 nitrogen and oxygen atoms in total. The quantitative estimate of drug-likeness (QED) is 0.205. The molecule has 1 amide bonds. The number of thioether (sulfide) groups is 1. The van der Waals surface area contributed by atoms with Crippen LogP contribution in [0.2, 0.25) is 0 Å². The standard InChI is InChI=1S/C25H27N3O5S/c1-16(2)26-23(31)18-9-10-20-21(13-18)27-25(34-15-19(29)14-22(30)33-3)28(24(20)32)12-11-17-7-5-4-6-8-17/h4-10,13,16H,11-12,14-15H2,1-3H3,(H,26,31). The van der Waals surface area contributed by atoms with Gasteiger partial charge < -0.3 is 10.1 Å². The minimum atomic E-state index is -0.612. The second-order valence-corrected chi connectivity index (χ2v) is 8.97. The highest BCUT2D eigenvalue weighted by Gasteiger charge is 2.17. The highest BCUT2D eigenvalue weighted by molar-refractivity contribution is 7.99. The highest BCUT2D eigenvalue weighted by Crippen LogP contribution is 2.20. The number of nitrogens with zero attached hydrogens (tertiary/aromatic N) is 2. The van der Waals surface area contributed by atoms with Gasteiger partial charge in [-0.3, -0.25) is 23.7 Å². The lowest BCUT2D eigenvalue weighted by Crippen LogP contribution is -2.30. The molecule has 0 fully saturated rings. The fraction of sp³-hybridized carbons (Fsp3) is 0.320. The first-order valence-electron chi connectivity index (χ1n) is 10.9. The summed E-state index contributed by atoms with van der Waals surface area (Å²) in [5.74, 6) is -1.23. The summed E-state index contributed by atoms with van der Waals surface area (Å²) in [5.41, 5.74) is 1.58. The van der Waals surface area contributed by atoms with E-state index in [4.69, 9.17) is 0 Å². The first kappa shape index (κ1) is 25.2. The number of hydrogen-bond donors (Lipinski definition) is 1. The molecule has 3 aromatic rings. The largest absolute Gasteiger partial charge is 0.469 e. The molecule has 0 aliphatic carbocycles. The van der Waals surface area contributed by atoms with Gasteiger partial charge in [0.2, 0.25) is 0 Å². The lowest BCUT2D eigenvalue weighted by Gasteiger charge is -2.14. The molecule has 9 heteroatoms. The van der Waals surface area contributed by atoms with Crippen molar-refractivity contribution in [2.45, 2.75) is 44.4 Å². The molecule has 1 aromatic heterocycles. The number of ketones is 1. The van der Waals surface area contributed by atoms with Crippen molar-refractivity contribution in [2.24, 2.45) is 0 Å². The average molecular weight is 482 g/mol. The number of amides is 1. The summed E-state index contributed by atoms with van der Waals surface area (Å²) in [4.78, 5) is 54.0. The number of carbonyl (C=O) groups excluding carboxylic acids is 3. The Morgan fingerprint density at radius 3 is 2.53 bits per heavy atom. The molecule has 0 radical (unpaired) electrons. The zero-order valence-electron chi connectivity index (χ0n) is 19.4. The van der Waals surface area contributed by atoms with Crippen LogP contribution >= 0.6 is 11.8 Å². The summed E-state index contributed by atoms with van der Waals surface area (Å²) in [6, 6.07) is 14.5. The summed E-state index contributed by atoms with van der Waals surface area (Å²) in [6.07, 6.45) is 0.261. The molecular formula is C25H27N3O5S. The van der Waals surface area contributed by atoms with E-state index in [1.54, 1.807) is 22.8 Å². The molecule has 34 heavy (non-hydrogen) atoms. The van der Waals surface area contributed by atoms with Crippen LogP contribution < -0.4 is 10.9 Å². The average Bonchev–Trinajstić information content (AvgIpc) is 2.82. The van der Waals surface area contributed by atoms with E-state index in [2.05, 4.69) is 15.0 Å². The van der Waals surface area contributed by atoms with Gasteiger partial charge in [-0.15, -0.1) is 0 Å². The molecule has 1 heterocycles. The van der Waals surface area contributed by atoms with Crippen molar-refractivity contribution in [1.29, 1.82) is 0 Å². The Balaban J connectivity index is 1.96. The van der Waals surface area contributed by atoms with E-state index >= 15 is 0 Å². The summed E-state index contributed by atoms with van der Waals surface area (Å²) >= 11 is 1.09. The zero-order valence-corrected chi connectivity index (χ0v) is 20.2. The van der Waals surface area contributed by atoms with Crippen LogP contribution in [0.25, 0.3) is 10.9 Å². The molecule has 0 unspecified atom stereocenters. The van der Waals surface area contributed by atoms with E-state index in [0.29, 0.717) is 34.6 Å². The van der Waals surface area contributed by atoms with Crippen molar-refractivity contribution < 1.29 is 19.1 Å². The van der Waals surface area contributed by atoms with Crippen molar-refractivity contribution in [1.82, 2.24) is 14.9 Å². The number of methoxy groups -OCH3 is 1. The number of Topliss-reactive ketones (excluding diaryl/α,β-unsaturated/α-hetero) is 1. The maximum Gasteiger partial charge on any atom is 0.313 e. The van der Waals surface area contributed by atoms with E-state index in [1.165, 1.54) is 7.11 Å². The van der Waals surface area contributed by atoms with Gasteiger partial charge >= 0.3 is 5.97 Å². The number of rotatable bonds is 10. The van der Waals surface area contributed by atoms with Gasteiger partial charge in [0.25, 0.3) is 11.5 Å². The summed E-state index contributed by atoms with van der Waals surface area (Å²) in [5, 5.41) is 3.57. The Hall–Kier alpha value is -3.46. The summed E-state index contributed by atoms with van der Waals surface area (Å²) in [7, 11) is 1.22. The number of ether oxygens (including phenoxy) is 1. The topological polar surface area (TPSA) is 107 Å². The van der Waals surface area contributed by atoms with Gasteiger partial charge in [-0.25, -0.2) is 4.98 Å². The molecule has 0 aliphatic heterocycles. The van der Waals surface area contributed by atoms with Crippen molar-refractivity contribution in [3.05, 3.63) is 70.0 Å². The van der Waals surface area contributed by atoms with Crippen LogP contribution in [0.5, 0.6) is 0 Å².